The van der Waals surface area contributed by atoms with E-state index in [-0.39, 0.29) is 0 Å². The Labute approximate surface area is 191 Å². The highest BCUT2D eigenvalue weighted by atomic mass is 32.2. The van der Waals surface area contributed by atoms with Gasteiger partial charge in [-0.2, -0.15) is 0 Å². The van der Waals surface area contributed by atoms with Gasteiger partial charge in [0.1, 0.15) is 5.82 Å². The first-order valence-corrected chi connectivity index (χ1v) is 11.1. The number of carbonyl (C=O) groups excluding carboxylic acids is 2. The Morgan fingerprint density at radius 1 is 1.09 bits per heavy atom. The maximum Gasteiger partial charge on any atom is 0.243 e. The number of rotatable bonds is 8. The van der Waals surface area contributed by atoms with Crippen molar-refractivity contribution in [1.29, 1.82) is 0 Å². The summed E-state index contributed by atoms with van der Waals surface area (Å²) in [6.45, 7) is 1.19. The molecule has 2 amide bonds. The molecule has 0 saturated heterocycles. The molecule has 0 radical (unpaired) electrons. The van der Waals surface area contributed by atoms with E-state index in [2.05, 4.69) is 20.8 Å². The lowest BCUT2D eigenvalue weighted by atomic mass is 10.2. The van der Waals surface area contributed by atoms with Gasteiger partial charge < -0.3 is 10.6 Å². The van der Waals surface area contributed by atoms with E-state index in [0.717, 1.165) is 30.4 Å². The molecule has 2 N–H and O–H groups in total. The standard InChI is InChI=1S/C22H20F3N5O2S/c1-12(21(32)26-11-17(31)27-16-10-9-15(23)18(24)19(16)25)33-22-29-28-20(13-7-8-13)30(22)14-5-3-2-4-6-14/h2-6,9-10,12-13H,7-8,11H2,1H3,(H,26,32)(H,27,31)/t12-/m0/s1. The van der Waals surface area contributed by atoms with Gasteiger partial charge >= 0.3 is 0 Å². The van der Waals surface area contributed by atoms with Crippen molar-refractivity contribution in [2.24, 2.45) is 0 Å². The van der Waals surface area contributed by atoms with Crippen molar-refractivity contribution < 1.29 is 22.8 Å². The normalized spacial score (nSPS) is 14.1. The number of hydrogen-bond donors (Lipinski definition) is 2. The Morgan fingerprint density at radius 3 is 2.52 bits per heavy atom. The Morgan fingerprint density at radius 2 is 1.82 bits per heavy atom. The molecule has 4 rings (SSSR count). The second kappa shape index (κ2) is 9.65. The van der Waals surface area contributed by atoms with Gasteiger partial charge in [-0.15, -0.1) is 10.2 Å². The predicted octanol–water partition coefficient (Wildman–Crippen LogP) is 3.80. The maximum absolute atomic E-state index is 13.7. The predicted molar refractivity (Wildman–Crippen MR) is 117 cm³/mol. The molecule has 0 aliphatic heterocycles. The zero-order valence-electron chi connectivity index (χ0n) is 17.5. The van der Waals surface area contributed by atoms with Crippen LogP contribution in [0.15, 0.2) is 47.6 Å². The average Bonchev–Trinajstić information content (AvgIpc) is 3.58. The van der Waals surface area contributed by atoms with Crippen LogP contribution in [0.5, 0.6) is 0 Å². The Kier molecular flexibility index (Phi) is 6.68. The van der Waals surface area contributed by atoms with E-state index in [1.54, 1.807) is 6.92 Å². The summed E-state index contributed by atoms with van der Waals surface area (Å²) in [5.41, 5.74) is 0.381. The fourth-order valence-corrected chi connectivity index (χ4v) is 4.02. The molecule has 1 saturated carbocycles. The highest BCUT2D eigenvalue weighted by Crippen LogP contribution is 2.41. The molecule has 3 aromatic rings. The number of hydrogen-bond acceptors (Lipinski definition) is 5. The number of thioether (sulfide) groups is 1. The van der Waals surface area contributed by atoms with Crippen molar-refractivity contribution in [2.45, 2.75) is 36.1 Å². The topological polar surface area (TPSA) is 88.9 Å². The van der Waals surface area contributed by atoms with Crippen LogP contribution in [0, 0.1) is 17.5 Å². The molecule has 0 bridgehead atoms. The number of anilines is 1. The fourth-order valence-electron chi connectivity index (χ4n) is 3.12. The first kappa shape index (κ1) is 22.8. The van der Waals surface area contributed by atoms with Crippen LogP contribution < -0.4 is 10.6 Å². The van der Waals surface area contributed by atoms with Crippen LogP contribution in [-0.2, 0) is 9.59 Å². The van der Waals surface area contributed by atoms with Gasteiger partial charge in [-0.05, 0) is 44.0 Å². The molecule has 33 heavy (non-hydrogen) atoms. The molecule has 172 valence electrons. The minimum atomic E-state index is -1.69. The lowest BCUT2D eigenvalue weighted by Crippen LogP contribution is -2.37. The van der Waals surface area contributed by atoms with Gasteiger partial charge in [-0.25, -0.2) is 13.2 Å². The monoisotopic (exact) mass is 475 g/mol. The van der Waals surface area contributed by atoms with E-state index in [1.165, 1.54) is 11.8 Å². The van der Waals surface area contributed by atoms with Crippen LogP contribution in [0.1, 0.15) is 31.5 Å². The van der Waals surface area contributed by atoms with Crippen molar-refractivity contribution >= 4 is 29.3 Å². The van der Waals surface area contributed by atoms with Crippen LogP contribution in [0.25, 0.3) is 5.69 Å². The van der Waals surface area contributed by atoms with E-state index < -0.39 is 46.7 Å². The molecule has 7 nitrogen and oxygen atoms in total. The fraction of sp³-hybridized carbons (Fsp3) is 0.273. The molecule has 0 unspecified atom stereocenters. The summed E-state index contributed by atoms with van der Waals surface area (Å²) < 4.78 is 41.9. The van der Waals surface area contributed by atoms with Crippen LogP contribution in [0.3, 0.4) is 0 Å². The van der Waals surface area contributed by atoms with E-state index in [4.69, 9.17) is 0 Å². The van der Waals surface area contributed by atoms with E-state index in [1.807, 2.05) is 34.9 Å². The van der Waals surface area contributed by atoms with Crippen LogP contribution in [-0.4, -0.2) is 38.4 Å². The average molecular weight is 475 g/mol. The summed E-state index contributed by atoms with van der Waals surface area (Å²) in [5.74, 6) is -4.59. The van der Waals surface area contributed by atoms with Gasteiger partial charge in [0, 0.05) is 11.6 Å². The van der Waals surface area contributed by atoms with Crippen LogP contribution in [0.2, 0.25) is 0 Å². The number of nitrogens with zero attached hydrogens (tertiary/aromatic N) is 3. The van der Waals surface area contributed by atoms with Gasteiger partial charge in [-0.3, -0.25) is 14.2 Å². The number of para-hydroxylation sites is 1. The number of aromatic nitrogens is 3. The van der Waals surface area contributed by atoms with E-state index in [0.29, 0.717) is 17.1 Å². The quantitative estimate of drug-likeness (QED) is 0.382. The maximum atomic E-state index is 13.7. The lowest BCUT2D eigenvalue weighted by molar-refractivity contribution is -0.123. The second-order valence-corrected chi connectivity index (χ2v) is 8.84. The minimum absolute atomic E-state index is 0.344. The summed E-state index contributed by atoms with van der Waals surface area (Å²) in [5, 5.41) is 13.1. The number of benzene rings is 2. The van der Waals surface area contributed by atoms with E-state index >= 15 is 0 Å². The zero-order chi connectivity index (χ0) is 23.5. The molecule has 0 spiro atoms. The largest absolute Gasteiger partial charge is 0.346 e. The molecule has 1 fully saturated rings. The number of carbonyl (C=O) groups is 2. The Hall–Kier alpha value is -3.34. The summed E-state index contributed by atoms with van der Waals surface area (Å²) in [4.78, 5) is 24.5. The van der Waals surface area contributed by atoms with Crippen LogP contribution in [0.4, 0.5) is 18.9 Å². The van der Waals surface area contributed by atoms with Gasteiger partial charge in [0.05, 0.1) is 17.5 Å². The molecule has 1 aliphatic rings. The Bertz CT molecular complexity index is 1180. The summed E-state index contributed by atoms with van der Waals surface area (Å²) in [6.07, 6.45) is 2.08. The first-order valence-electron chi connectivity index (χ1n) is 10.2. The van der Waals surface area contributed by atoms with Crippen molar-refractivity contribution in [3.05, 3.63) is 65.7 Å². The molecule has 1 aliphatic carbocycles. The van der Waals surface area contributed by atoms with Crippen molar-refractivity contribution in [2.75, 3.05) is 11.9 Å². The molecular formula is C22H20F3N5O2S. The summed E-state index contributed by atoms with van der Waals surface area (Å²) in [7, 11) is 0. The number of halogens is 3. The van der Waals surface area contributed by atoms with E-state index in [9.17, 15) is 22.8 Å². The molecule has 2 aromatic carbocycles. The molecular weight excluding hydrogens is 455 g/mol. The van der Waals surface area contributed by atoms with Crippen molar-refractivity contribution in [3.63, 3.8) is 0 Å². The SMILES string of the molecule is C[C@H](Sc1nnc(C2CC2)n1-c1ccccc1)C(=O)NCC(=O)Nc1ccc(F)c(F)c1F. The third-order valence-electron chi connectivity index (χ3n) is 5.00. The van der Waals surface area contributed by atoms with Crippen molar-refractivity contribution in [1.82, 2.24) is 20.1 Å². The zero-order valence-corrected chi connectivity index (χ0v) is 18.3. The number of amides is 2. The van der Waals surface area contributed by atoms with Crippen LogP contribution >= 0.6 is 11.8 Å². The molecule has 11 heteroatoms. The van der Waals surface area contributed by atoms with Gasteiger partial charge in [0.25, 0.3) is 0 Å². The second-order valence-electron chi connectivity index (χ2n) is 7.53. The first-order chi connectivity index (χ1) is 15.8. The highest BCUT2D eigenvalue weighted by Gasteiger charge is 2.32. The smallest absolute Gasteiger partial charge is 0.243 e. The third kappa shape index (κ3) is 5.19. The summed E-state index contributed by atoms with van der Waals surface area (Å²) >= 11 is 1.20. The van der Waals surface area contributed by atoms with Gasteiger partial charge in [-0.1, -0.05) is 30.0 Å². The number of nitrogens with one attached hydrogen (secondary N) is 2. The van der Waals surface area contributed by atoms with Gasteiger partial charge in [0.15, 0.2) is 22.6 Å². The molecule has 1 aromatic heterocycles. The molecule has 1 heterocycles. The Balaban J connectivity index is 1.38. The lowest BCUT2D eigenvalue weighted by Gasteiger charge is -2.14. The minimum Gasteiger partial charge on any atom is -0.346 e. The van der Waals surface area contributed by atoms with Crippen molar-refractivity contribution in [3.8, 4) is 5.69 Å². The highest BCUT2D eigenvalue weighted by molar-refractivity contribution is 8.00. The summed E-state index contributed by atoms with van der Waals surface area (Å²) in [6, 6.07) is 11.2. The van der Waals surface area contributed by atoms with Gasteiger partial charge in [0.2, 0.25) is 11.8 Å². The third-order valence-corrected chi connectivity index (χ3v) is 6.04. The molecule has 1 atom stereocenters.